The summed E-state index contributed by atoms with van der Waals surface area (Å²) in [7, 11) is 0. The Balaban J connectivity index is 2.80. The van der Waals surface area contributed by atoms with Crippen molar-refractivity contribution in [3.8, 4) is 0 Å². The minimum atomic E-state index is -0.643. The van der Waals surface area contributed by atoms with Gasteiger partial charge in [-0.25, -0.2) is 4.79 Å². The van der Waals surface area contributed by atoms with Crippen LogP contribution >= 0.6 is 0 Å². The van der Waals surface area contributed by atoms with Crippen molar-refractivity contribution in [2.75, 3.05) is 5.32 Å². The zero-order chi connectivity index (χ0) is 17.6. The maximum Gasteiger partial charge on any atom is 0.408 e. The van der Waals surface area contributed by atoms with E-state index in [0.29, 0.717) is 5.69 Å². The highest BCUT2D eigenvalue weighted by atomic mass is 16.6. The lowest BCUT2D eigenvalue weighted by Crippen LogP contribution is -2.49. The van der Waals surface area contributed by atoms with Gasteiger partial charge >= 0.3 is 6.09 Å². The summed E-state index contributed by atoms with van der Waals surface area (Å²) < 4.78 is 5.25. The van der Waals surface area contributed by atoms with Crippen LogP contribution < -0.4 is 10.6 Å². The van der Waals surface area contributed by atoms with E-state index in [4.69, 9.17) is 4.74 Å². The summed E-state index contributed by atoms with van der Waals surface area (Å²) in [6.45, 7) is 11.2. The average molecular weight is 320 g/mol. The molecule has 2 amide bonds. The number of ether oxygens (including phenoxy) is 1. The number of anilines is 1. The normalized spacial score (nSPS) is 13.8. The van der Waals surface area contributed by atoms with Gasteiger partial charge in [0, 0.05) is 5.69 Å². The molecule has 0 aliphatic carbocycles. The van der Waals surface area contributed by atoms with Crippen LogP contribution in [0.4, 0.5) is 10.5 Å². The highest BCUT2D eigenvalue weighted by Crippen LogP contribution is 2.15. The molecule has 2 N–H and O–H groups in total. The van der Waals surface area contributed by atoms with Crippen molar-refractivity contribution < 1.29 is 14.3 Å². The van der Waals surface area contributed by atoms with Gasteiger partial charge in [-0.2, -0.15) is 0 Å². The highest BCUT2D eigenvalue weighted by molar-refractivity contribution is 5.96. The SMILES string of the molecule is CCC(C)C(NC(=O)OC(C)(C)C)C(=O)Nc1cccc(C)c1. The Labute approximate surface area is 138 Å². The average Bonchev–Trinajstić information content (AvgIpc) is 2.42. The Morgan fingerprint density at radius 3 is 2.43 bits per heavy atom. The molecule has 0 saturated heterocycles. The third-order valence-electron chi connectivity index (χ3n) is 3.45. The smallest absolute Gasteiger partial charge is 0.408 e. The molecular weight excluding hydrogens is 292 g/mol. The number of amides is 2. The largest absolute Gasteiger partial charge is 0.444 e. The van der Waals surface area contributed by atoms with E-state index in [9.17, 15) is 9.59 Å². The van der Waals surface area contributed by atoms with E-state index in [1.54, 1.807) is 20.8 Å². The number of alkyl carbamates (subject to hydrolysis) is 1. The Morgan fingerprint density at radius 1 is 1.26 bits per heavy atom. The molecule has 5 nitrogen and oxygen atoms in total. The molecule has 1 rings (SSSR count). The number of hydrogen-bond acceptors (Lipinski definition) is 3. The molecule has 128 valence electrons. The van der Waals surface area contributed by atoms with Crippen LogP contribution in [0.2, 0.25) is 0 Å². The van der Waals surface area contributed by atoms with Crippen LogP contribution in [0.15, 0.2) is 24.3 Å². The first-order chi connectivity index (χ1) is 10.6. The lowest BCUT2D eigenvalue weighted by molar-refractivity contribution is -0.119. The summed E-state index contributed by atoms with van der Waals surface area (Å²) in [5.41, 5.74) is 1.18. The van der Waals surface area contributed by atoms with Crippen LogP contribution in [-0.4, -0.2) is 23.6 Å². The van der Waals surface area contributed by atoms with E-state index in [1.165, 1.54) is 0 Å². The van der Waals surface area contributed by atoms with Crippen LogP contribution in [-0.2, 0) is 9.53 Å². The topological polar surface area (TPSA) is 67.4 Å². The molecule has 5 heteroatoms. The number of benzene rings is 1. The van der Waals surface area contributed by atoms with Crippen LogP contribution in [0.5, 0.6) is 0 Å². The summed E-state index contributed by atoms with van der Waals surface area (Å²) >= 11 is 0. The minimum Gasteiger partial charge on any atom is -0.444 e. The van der Waals surface area contributed by atoms with E-state index >= 15 is 0 Å². The first-order valence-electron chi connectivity index (χ1n) is 7.99. The van der Waals surface area contributed by atoms with Gasteiger partial charge in [-0.15, -0.1) is 0 Å². The molecule has 23 heavy (non-hydrogen) atoms. The maximum atomic E-state index is 12.5. The Bertz CT molecular complexity index is 549. The first kappa shape index (κ1) is 19.0. The number of rotatable bonds is 5. The molecule has 0 fully saturated rings. The Hall–Kier alpha value is -2.04. The number of nitrogens with one attached hydrogen (secondary N) is 2. The number of hydrogen-bond donors (Lipinski definition) is 2. The van der Waals surface area contributed by atoms with Gasteiger partial charge in [0.05, 0.1) is 0 Å². The van der Waals surface area contributed by atoms with Crippen LogP contribution in [0.1, 0.15) is 46.6 Å². The number of carbonyl (C=O) groups excluding carboxylic acids is 2. The molecule has 2 unspecified atom stereocenters. The first-order valence-corrected chi connectivity index (χ1v) is 7.99. The Morgan fingerprint density at radius 2 is 1.91 bits per heavy atom. The van der Waals surface area contributed by atoms with E-state index in [2.05, 4.69) is 10.6 Å². The van der Waals surface area contributed by atoms with Gasteiger partial charge in [0.25, 0.3) is 0 Å². The Kier molecular flexibility index (Phi) is 6.61. The second-order valence-corrected chi connectivity index (χ2v) is 6.87. The third kappa shape index (κ3) is 6.72. The van der Waals surface area contributed by atoms with Crippen molar-refractivity contribution in [3.05, 3.63) is 29.8 Å². The third-order valence-corrected chi connectivity index (χ3v) is 3.45. The molecule has 0 saturated carbocycles. The van der Waals surface area contributed by atoms with Gasteiger partial charge in [-0.1, -0.05) is 32.4 Å². The fourth-order valence-corrected chi connectivity index (χ4v) is 2.08. The zero-order valence-electron chi connectivity index (χ0n) is 14.9. The van der Waals surface area contributed by atoms with Crippen LogP contribution in [0.3, 0.4) is 0 Å². The molecule has 2 atom stereocenters. The molecule has 0 radical (unpaired) electrons. The van der Waals surface area contributed by atoms with Gasteiger partial charge in [0.2, 0.25) is 5.91 Å². The summed E-state index contributed by atoms with van der Waals surface area (Å²) in [5.74, 6) is -0.247. The van der Waals surface area contributed by atoms with Gasteiger partial charge in [0.1, 0.15) is 11.6 Å². The van der Waals surface area contributed by atoms with Gasteiger partial charge in [0.15, 0.2) is 0 Å². The highest BCUT2D eigenvalue weighted by Gasteiger charge is 2.28. The molecule has 1 aromatic rings. The molecule has 0 spiro atoms. The van der Waals surface area contributed by atoms with E-state index in [1.807, 2.05) is 45.0 Å². The second-order valence-electron chi connectivity index (χ2n) is 6.87. The second kappa shape index (κ2) is 7.99. The fourth-order valence-electron chi connectivity index (χ4n) is 2.08. The summed E-state index contributed by atoms with van der Waals surface area (Å²) in [6.07, 6.45) is 0.184. The number of carbonyl (C=O) groups is 2. The summed E-state index contributed by atoms with van der Waals surface area (Å²) in [4.78, 5) is 24.5. The van der Waals surface area contributed by atoms with Crippen LogP contribution in [0, 0.1) is 12.8 Å². The molecule has 0 bridgehead atoms. The zero-order valence-corrected chi connectivity index (χ0v) is 14.9. The van der Waals surface area contributed by atoms with Crippen molar-refractivity contribution in [2.45, 2.75) is 59.6 Å². The van der Waals surface area contributed by atoms with E-state index in [-0.39, 0.29) is 11.8 Å². The van der Waals surface area contributed by atoms with Gasteiger partial charge in [-0.3, -0.25) is 4.79 Å². The van der Waals surface area contributed by atoms with Crippen LogP contribution in [0.25, 0.3) is 0 Å². The number of aryl methyl sites for hydroxylation is 1. The predicted molar refractivity (Wildman–Crippen MR) is 92.4 cm³/mol. The lowest BCUT2D eigenvalue weighted by Gasteiger charge is -2.26. The molecular formula is C18H28N2O3. The van der Waals surface area contributed by atoms with E-state index in [0.717, 1.165) is 12.0 Å². The van der Waals surface area contributed by atoms with Crippen molar-refractivity contribution in [1.82, 2.24) is 5.32 Å². The molecule has 1 aromatic carbocycles. The predicted octanol–water partition coefficient (Wildman–Crippen LogP) is 3.87. The standard InChI is InChI=1S/C18H28N2O3/c1-7-13(3)15(20-17(22)23-18(4,5)6)16(21)19-14-10-8-9-12(2)11-14/h8-11,13,15H,7H2,1-6H3,(H,19,21)(H,20,22). The van der Waals surface area contributed by atoms with E-state index < -0.39 is 17.7 Å². The molecule has 0 heterocycles. The minimum absolute atomic E-state index is 0.00710. The fraction of sp³-hybridized carbons (Fsp3) is 0.556. The quantitative estimate of drug-likeness (QED) is 0.865. The lowest BCUT2D eigenvalue weighted by atomic mass is 9.98. The summed E-state index contributed by atoms with van der Waals surface area (Å²) in [6, 6.07) is 6.91. The maximum absolute atomic E-state index is 12.5. The van der Waals surface area contributed by atoms with Crippen molar-refractivity contribution in [3.63, 3.8) is 0 Å². The van der Waals surface area contributed by atoms with Gasteiger partial charge < -0.3 is 15.4 Å². The van der Waals surface area contributed by atoms with Crippen molar-refractivity contribution >= 4 is 17.7 Å². The van der Waals surface area contributed by atoms with Crippen molar-refractivity contribution in [2.24, 2.45) is 5.92 Å². The monoisotopic (exact) mass is 320 g/mol. The van der Waals surface area contributed by atoms with Gasteiger partial charge in [-0.05, 0) is 51.3 Å². The summed E-state index contributed by atoms with van der Waals surface area (Å²) in [5, 5.41) is 5.54. The molecule has 0 aromatic heterocycles. The molecule has 0 aliphatic rings. The molecule has 0 aliphatic heterocycles. The van der Waals surface area contributed by atoms with Crippen molar-refractivity contribution in [1.29, 1.82) is 0 Å².